The lowest BCUT2D eigenvalue weighted by Crippen LogP contribution is -2.53. The highest BCUT2D eigenvalue weighted by molar-refractivity contribution is 7.62. The van der Waals surface area contributed by atoms with Crippen molar-refractivity contribution in [3.63, 3.8) is 0 Å². The number of carbonyl (C=O) groups excluding carboxylic acids is 2. The Morgan fingerprint density at radius 1 is 1.44 bits per heavy atom. The maximum absolute atomic E-state index is 11.6. The molecule has 3 N–H and O–H groups in total. The minimum atomic E-state index is -4.18. The summed E-state index contributed by atoms with van der Waals surface area (Å²) < 4.78 is 24.5. The van der Waals surface area contributed by atoms with E-state index in [1.165, 1.54) is 0 Å². The Hall–Kier alpha value is -0.830. The van der Waals surface area contributed by atoms with E-state index in [1.54, 1.807) is 6.92 Å². The maximum Gasteiger partial charge on any atom is 0.401 e. The Morgan fingerprint density at radius 3 is 2.44 bits per heavy atom. The smallest absolute Gasteiger partial charge is 0.401 e. The van der Waals surface area contributed by atoms with Gasteiger partial charge in [-0.15, -0.1) is 0 Å². The molecule has 1 heterocycles. The molecule has 0 aromatic carbocycles. The molecule has 2 atom stereocenters. The van der Waals surface area contributed by atoms with Gasteiger partial charge in [0, 0.05) is 0 Å². The standard InChI is InChI=1S/C8H13O9P/c1-3-4-16-18(14)8(13,17-18)5(9)7(11,12)6(10)15-2/h11-13H,3-4H2,1-2H3. The summed E-state index contributed by atoms with van der Waals surface area (Å²) in [6.45, 7) is 1.60. The van der Waals surface area contributed by atoms with Crippen LogP contribution in [0.2, 0.25) is 0 Å². The summed E-state index contributed by atoms with van der Waals surface area (Å²) in [5.74, 6) is -7.31. The molecule has 0 bridgehead atoms. The molecule has 0 radical (unpaired) electrons. The van der Waals surface area contributed by atoms with E-state index in [9.17, 15) is 29.5 Å². The van der Waals surface area contributed by atoms with E-state index in [4.69, 9.17) is 0 Å². The highest BCUT2D eigenvalue weighted by atomic mass is 31.2. The molecule has 1 rings (SSSR count). The summed E-state index contributed by atoms with van der Waals surface area (Å²) in [5, 5.41) is 27.9. The van der Waals surface area contributed by atoms with Gasteiger partial charge in [-0.05, 0) is 6.42 Å². The maximum atomic E-state index is 11.6. The first-order valence-corrected chi connectivity index (χ1v) is 6.46. The largest absolute Gasteiger partial charge is 0.465 e. The zero-order valence-corrected chi connectivity index (χ0v) is 10.5. The monoisotopic (exact) mass is 284 g/mol. The van der Waals surface area contributed by atoms with Crippen molar-refractivity contribution in [3.05, 3.63) is 0 Å². The zero-order valence-electron chi connectivity index (χ0n) is 9.65. The first-order chi connectivity index (χ1) is 8.15. The lowest BCUT2D eigenvalue weighted by Gasteiger charge is -2.17. The number of hydrogen-bond donors (Lipinski definition) is 3. The van der Waals surface area contributed by atoms with Gasteiger partial charge in [0.1, 0.15) is 0 Å². The Morgan fingerprint density at radius 2 is 2.00 bits per heavy atom. The van der Waals surface area contributed by atoms with Crippen LogP contribution in [0.15, 0.2) is 0 Å². The molecule has 0 saturated carbocycles. The van der Waals surface area contributed by atoms with Crippen molar-refractivity contribution in [2.75, 3.05) is 13.7 Å². The molecule has 2 unspecified atom stereocenters. The lowest BCUT2D eigenvalue weighted by atomic mass is 10.1. The van der Waals surface area contributed by atoms with Gasteiger partial charge < -0.3 is 24.6 Å². The summed E-state index contributed by atoms with van der Waals surface area (Å²) in [6, 6.07) is 0. The SMILES string of the molecule is CCCOP1(=O)OC1(O)C(=O)C(O)(O)C(=O)OC. The highest BCUT2D eigenvalue weighted by Crippen LogP contribution is 2.78. The number of rotatable bonds is 6. The molecule has 1 fully saturated rings. The van der Waals surface area contributed by atoms with Crippen LogP contribution >= 0.6 is 7.60 Å². The summed E-state index contributed by atoms with van der Waals surface area (Å²) in [6.07, 6.45) is 0.429. The van der Waals surface area contributed by atoms with Crippen LogP contribution in [-0.4, -0.2) is 52.1 Å². The Kier molecular flexibility index (Phi) is 3.97. The predicted molar refractivity (Wildman–Crippen MR) is 54.1 cm³/mol. The van der Waals surface area contributed by atoms with Crippen LogP contribution in [0.4, 0.5) is 0 Å². The number of ketones is 1. The fourth-order valence-electron chi connectivity index (χ4n) is 1.10. The van der Waals surface area contributed by atoms with Gasteiger partial charge in [-0.25, -0.2) is 4.79 Å². The van der Waals surface area contributed by atoms with Crippen molar-refractivity contribution < 1.29 is 43.3 Å². The minimum absolute atomic E-state index is 0.0745. The molecule has 104 valence electrons. The van der Waals surface area contributed by atoms with Crippen molar-refractivity contribution in [2.24, 2.45) is 0 Å². The first-order valence-electron chi connectivity index (χ1n) is 4.91. The van der Waals surface area contributed by atoms with Crippen molar-refractivity contribution in [2.45, 2.75) is 24.7 Å². The van der Waals surface area contributed by atoms with E-state index in [0.29, 0.717) is 6.42 Å². The topological polar surface area (TPSA) is 143 Å². The summed E-state index contributed by atoms with van der Waals surface area (Å²) in [4.78, 5) is 22.4. The number of carbonyl (C=O) groups is 2. The Bertz CT molecular complexity index is 417. The average Bonchev–Trinajstić information content (AvgIpc) is 2.88. The third kappa shape index (κ3) is 2.20. The minimum Gasteiger partial charge on any atom is -0.465 e. The molecule has 0 amide bonds. The molecule has 0 aliphatic carbocycles. The number of ether oxygens (including phenoxy) is 1. The third-order valence-corrected chi connectivity index (χ3v) is 4.03. The molecule has 10 heteroatoms. The first kappa shape index (κ1) is 15.2. The summed E-state index contributed by atoms with van der Waals surface area (Å²) >= 11 is 0. The second-order valence-corrected chi connectivity index (χ2v) is 5.57. The van der Waals surface area contributed by atoms with Gasteiger partial charge in [0.25, 0.3) is 5.78 Å². The third-order valence-electron chi connectivity index (χ3n) is 2.13. The van der Waals surface area contributed by atoms with E-state index in [0.717, 1.165) is 7.11 Å². The molecular formula is C8H13O9P. The average molecular weight is 284 g/mol. The van der Waals surface area contributed by atoms with Gasteiger partial charge in [0.15, 0.2) is 0 Å². The van der Waals surface area contributed by atoms with Gasteiger partial charge in [0.2, 0.25) is 0 Å². The molecule has 0 aromatic heterocycles. The fraction of sp³-hybridized carbons (Fsp3) is 0.750. The van der Waals surface area contributed by atoms with E-state index >= 15 is 0 Å². The van der Waals surface area contributed by atoms with Gasteiger partial charge in [0.05, 0.1) is 13.7 Å². The van der Waals surface area contributed by atoms with Crippen molar-refractivity contribution in [3.8, 4) is 0 Å². The van der Waals surface area contributed by atoms with Crippen LogP contribution in [0.25, 0.3) is 0 Å². The van der Waals surface area contributed by atoms with Crippen LogP contribution in [0.3, 0.4) is 0 Å². The molecule has 9 nitrogen and oxygen atoms in total. The van der Waals surface area contributed by atoms with Crippen molar-refractivity contribution >= 4 is 19.3 Å². The fourth-order valence-corrected chi connectivity index (χ4v) is 2.73. The molecule has 0 spiro atoms. The van der Waals surface area contributed by atoms with Crippen molar-refractivity contribution in [1.29, 1.82) is 0 Å². The van der Waals surface area contributed by atoms with Crippen LogP contribution < -0.4 is 0 Å². The van der Waals surface area contributed by atoms with Gasteiger partial charge in [-0.1, -0.05) is 6.92 Å². The summed E-state index contributed by atoms with van der Waals surface area (Å²) in [5.41, 5.74) is -3.03. The van der Waals surface area contributed by atoms with Gasteiger partial charge in [-0.3, -0.25) is 13.9 Å². The molecule has 1 aliphatic rings. The Balaban J connectivity index is 2.87. The van der Waals surface area contributed by atoms with Crippen LogP contribution in [0.5, 0.6) is 0 Å². The number of esters is 1. The Labute approximate surface area is 102 Å². The highest BCUT2D eigenvalue weighted by Gasteiger charge is 2.79. The molecule has 18 heavy (non-hydrogen) atoms. The van der Waals surface area contributed by atoms with E-state index in [1.807, 2.05) is 0 Å². The number of aliphatic hydroxyl groups is 3. The van der Waals surface area contributed by atoms with Crippen LogP contribution in [-0.2, 0) is 27.9 Å². The normalized spacial score (nSPS) is 30.9. The lowest BCUT2D eigenvalue weighted by molar-refractivity contribution is -0.215. The second-order valence-electron chi connectivity index (χ2n) is 3.52. The number of methoxy groups -OCH3 is 1. The second kappa shape index (κ2) is 4.69. The van der Waals surface area contributed by atoms with E-state index in [2.05, 4.69) is 13.8 Å². The van der Waals surface area contributed by atoms with Crippen LogP contribution in [0.1, 0.15) is 13.3 Å². The summed E-state index contributed by atoms with van der Waals surface area (Å²) in [7, 11) is -3.39. The predicted octanol–water partition coefficient (Wildman–Crippen LogP) is -1.29. The van der Waals surface area contributed by atoms with Gasteiger partial charge in [-0.2, -0.15) is 0 Å². The number of Topliss-reactive ketones (excluding diaryl/α,β-unsaturated/α-hetero) is 1. The van der Waals surface area contributed by atoms with Gasteiger partial charge >= 0.3 is 24.9 Å². The van der Waals surface area contributed by atoms with Crippen molar-refractivity contribution in [1.82, 2.24) is 0 Å². The molecule has 1 saturated heterocycles. The molecule has 0 aromatic rings. The van der Waals surface area contributed by atoms with E-state index < -0.39 is 30.7 Å². The quantitative estimate of drug-likeness (QED) is 0.178. The zero-order chi connectivity index (χ0) is 14.2. The van der Waals surface area contributed by atoms with E-state index in [-0.39, 0.29) is 6.61 Å². The molecular weight excluding hydrogens is 271 g/mol. The van der Waals surface area contributed by atoms with Crippen LogP contribution in [0, 0.1) is 0 Å². The number of hydrogen-bond acceptors (Lipinski definition) is 9. The molecule has 1 aliphatic heterocycles.